The lowest BCUT2D eigenvalue weighted by atomic mass is 10.1. The average molecular weight is 279 g/mol. The van der Waals surface area contributed by atoms with Gasteiger partial charge in [0.05, 0.1) is 5.69 Å². The van der Waals surface area contributed by atoms with Crippen molar-refractivity contribution in [1.29, 1.82) is 0 Å². The topological polar surface area (TPSA) is 29.9 Å². The van der Waals surface area contributed by atoms with Crippen LogP contribution in [0.15, 0.2) is 0 Å². The lowest BCUT2D eigenvalue weighted by molar-refractivity contribution is 0.417. The van der Waals surface area contributed by atoms with Gasteiger partial charge in [-0.25, -0.2) is 0 Å². The van der Waals surface area contributed by atoms with Gasteiger partial charge in [0.2, 0.25) is 0 Å². The third kappa shape index (κ3) is 4.62. The molecule has 0 saturated heterocycles. The van der Waals surface area contributed by atoms with E-state index in [9.17, 15) is 0 Å². The molecule has 0 radical (unpaired) electrons. The number of aryl methyl sites for hydroxylation is 1. The number of aromatic nitrogens is 2. The highest BCUT2D eigenvalue weighted by Gasteiger charge is 2.18. The van der Waals surface area contributed by atoms with E-state index in [1.165, 1.54) is 23.4 Å². The molecule has 0 saturated carbocycles. The zero-order valence-electron chi connectivity index (χ0n) is 14.5. The van der Waals surface area contributed by atoms with E-state index in [0.717, 1.165) is 25.9 Å². The van der Waals surface area contributed by atoms with Gasteiger partial charge in [-0.1, -0.05) is 34.1 Å². The van der Waals surface area contributed by atoms with Crippen molar-refractivity contribution in [3.63, 3.8) is 0 Å². The Bertz CT molecular complexity index is 413. The fraction of sp³-hybridized carbons (Fsp3) is 0.824. The average Bonchev–Trinajstić information content (AvgIpc) is 2.72. The summed E-state index contributed by atoms with van der Waals surface area (Å²) in [6, 6.07) is 0. The predicted octanol–water partition coefficient (Wildman–Crippen LogP) is 3.94. The molecule has 0 aliphatic carbocycles. The maximum absolute atomic E-state index is 4.86. The van der Waals surface area contributed by atoms with Crippen LogP contribution in [0.2, 0.25) is 0 Å². The molecule has 0 spiro atoms. The Morgan fingerprint density at radius 1 is 1.15 bits per heavy atom. The molecule has 0 amide bonds. The zero-order chi connectivity index (χ0) is 15.3. The normalized spacial score (nSPS) is 13.8. The van der Waals surface area contributed by atoms with Crippen molar-refractivity contribution in [3.8, 4) is 0 Å². The van der Waals surface area contributed by atoms with Crippen LogP contribution in [0, 0.1) is 5.92 Å². The molecule has 1 aromatic heterocycles. The standard InChI is InChI=1S/C17H33N3/c1-8-13(4)12-20-16(10-3)14(15(9-2)19-20)11-18-17(5,6)7/h13,18H,8-12H2,1-7H3. The molecule has 1 rings (SSSR count). The van der Waals surface area contributed by atoms with Crippen LogP contribution in [0.4, 0.5) is 0 Å². The summed E-state index contributed by atoms with van der Waals surface area (Å²) in [6.07, 6.45) is 3.28. The van der Waals surface area contributed by atoms with Gasteiger partial charge in [-0.15, -0.1) is 0 Å². The Kier molecular flexibility index (Phi) is 6.25. The summed E-state index contributed by atoms with van der Waals surface area (Å²) in [5.74, 6) is 0.688. The van der Waals surface area contributed by atoms with Crippen molar-refractivity contribution < 1.29 is 0 Å². The summed E-state index contributed by atoms with van der Waals surface area (Å²) in [5.41, 5.74) is 4.25. The summed E-state index contributed by atoms with van der Waals surface area (Å²) in [5, 5.41) is 8.48. The first-order chi connectivity index (χ1) is 9.32. The van der Waals surface area contributed by atoms with E-state index >= 15 is 0 Å². The third-order valence-corrected chi connectivity index (χ3v) is 3.90. The summed E-state index contributed by atoms with van der Waals surface area (Å²) in [7, 11) is 0. The quantitative estimate of drug-likeness (QED) is 0.819. The molecule has 1 atom stereocenters. The molecule has 20 heavy (non-hydrogen) atoms. The Labute approximate surface area is 125 Å². The number of nitrogens with zero attached hydrogens (tertiary/aromatic N) is 2. The van der Waals surface area contributed by atoms with Crippen molar-refractivity contribution in [2.24, 2.45) is 5.92 Å². The number of hydrogen-bond acceptors (Lipinski definition) is 2. The van der Waals surface area contributed by atoms with Gasteiger partial charge in [0.15, 0.2) is 0 Å². The molecule has 1 heterocycles. The van der Waals surface area contributed by atoms with E-state index in [1.807, 2.05) is 0 Å². The minimum atomic E-state index is 0.148. The molecule has 3 heteroatoms. The second-order valence-electron chi connectivity index (χ2n) is 6.88. The molecule has 1 N–H and O–H groups in total. The minimum Gasteiger partial charge on any atom is -0.308 e. The summed E-state index contributed by atoms with van der Waals surface area (Å²) >= 11 is 0. The predicted molar refractivity (Wildman–Crippen MR) is 87.0 cm³/mol. The second kappa shape index (κ2) is 7.26. The number of nitrogens with one attached hydrogen (secondary N) is 1. The maximum Gasteiger partial charge on any atom is 0.0669 e. The van der Waals surface area contributed by atoms with E-state index in [1.54, 1.807) is 0 Å². The van der Waals surface area contributed by atoms with Gasteiger partial charge in [0.25, 0.3) is 0 Å². The molecule has 1 aromatic rings. The molecule has 0 aromatic carbocycles. The van der Waals surface area contributed by atoms with Gasteiger partial charge < -0.3 is 5.32 Å². The van der Waals surface area contributed by atoms with Crippen molar-refractivity contribution in [2.75, 3.05) is 0 Å². The van der Waals surface area contributed by atoms with Gasteiger partial charge in [0.1, 0.15) is 0 Å². The monoisotopic (exact) mass is 279 g/mol. The SMILES string of the molecule is CCc1nn(CC(C)CC)c(CC)c1CNC(C)(C)C. The van der Waals surface area contributed by atoms with Gasteiger partial charge >= 0.3 is 0 Å². The third-order valence-electron chi connectivity index (χ3n) is 3.90. The Balaban J connectivity index is 3.01. The first-order valence-corrected chi connectivity index (χ1v) is 8.14. The molecule has 0 fully saturated rings. The van der Waals surface area contributed by atoms with Gasteiger partial charge in [-0.2, -0.15) is 5.10 Å². The number of hydrogen-bond donors (Lipinski definition) is 1. The molecule has 3 nitrogen and oxygen atoms in total. The Morgan fingerprint density at radius 2 is 1.80 bits per heavy atom. The van der Waals surface area contributed by atoms with Crippen LogP contribution in [-0.2, 0) is 25.9 Å². The van der Waals surface area contributed by atoms with Crippen LogP contribution in [0.5, 0.6) is 0 Å². The smallest absolute Gasteiger partial charge is 0.0669 e. The molecular weight excluding hydrogens is 246 g/mol. The second-order valence-corrected chi connectivity index (χ2v) is 6.88. The van der Waals surface area contributed by atoms with Crippen molar-refractivity contribution in [3.05, 3.63) is 17.0 Å². The van der Waals surface area contributed by atoms with Gasteiger partial charge in [-0.05, 0) is 39.5 Å². The van der Waals surface area contributed by atoms with Crippen LogP contribution in [0.25, 0.3) is 0 Å². The molecule has 1 unspecified atom stereocenters. The molecule has 0 aliphatic heterocycles. The summed E-state index contributed by atoms with van der Waals surface area (Å²) < 4.78 is 2.26. The Hall–Kier alpha value is -0.830. The highest BCUT2D eigenvalue weighted by molar-refractivity contribution is 5.27. The van der Waals surface area contributed by atoms with Crippen LogP contribution in [-0.4, -0.2) is 15.3 Å². The fourth-order valence-corrected chi connectivity index (χ4v) is 2.40. The fourth-order valence-electron chi connectivity index (χ4n) is 2.40. The molecule has 116 valence electrons. The van der Waals surface area contributed by atoms with E-state index in [0.29, 0.717) is 5.92 Å². The van der Waals surface area contributed by atoms with Crippen LogP contribution < -0.4 is 5.32 Å². The lowest BCUT2D eigenvalue weighted by Crippen LogP contribution is -2.35. The molecule has 0 bridgehead atoms. The van der Waals surface area contributed by atoms with Gasteiger partial charge in [0, 0.05) is 29.9 Å². The van der Waals surface area contributed by atoms with Crippen molar-refractivity contribution in [2.45, 2.75) is 86.4 Å². The highest BCUT2D eigenvalue weighted by atomic mass is 15.3. The number of rotatable bonds is 7. The van der Waals surface area contributed by atoms with Crippen molar-refractivity contribution in [1.82, 2.24) is 15.1 Å². The first-order valence-electron chi connectivity index (χ1n) is 8.14. The highest BCUT2D eigenvalue weighted by Crippen LogP contribution is 2.19. The minimum absolute atomic E-state index is 0.148. The van der Waals surface area contributed by atoms with Crippen molar-refractivity contribution >= 4 is 0 Å². The molecule has 0 aliphatic rings. The zero-order valence-corrected chi connectivity index (χ0v) is 14.5. The van der Waals surface area contributed by atoms with E-state index in [2.05, 4.69) is 58.5 Å². The molecular formula is C17H33N3. The van der Waals surface area contributed by atoms with Gasteiger partial charge in [-0.3, -0.25) is 4.68 Å². The first kappa shape index (κ1) is 17.2. The van der Waals surface area contributed by atoms with E-state index in [4.69, 9.17) is 5.10 Å². The van der Waals surface area contributed by atoms with Crippen LogP contribution >= 0.6 is 0 Å². The summed E-state index contributed by atoms with van der Waals surface area (Å²) in [6.45, 7) is 17.6. The largest absolute Gasteiger partial charge is 0.308 e. The van der Waals surface area contributed by atoms with E-state index < -0.39 is 0 Å². The Morgan fingerprint density at radius 3 is 2.25 bits per heavy atom. The maximum atomic E-state index is 4.86. The lowest BCUT2D eigenvalue weighted by Gasteiger charge is -2.21. The summed E-state index contributed by atoms with van der Waals surface area (Å²) in [4.78, 5) is 0. The van der Waals surface area contributed by atoms with Crippen LogP contribution in [0.1, 0.15) is 71.8 Å². The van der Waals surface area contributed by atoms with E-state index in [-0.39, 0.29) is 5.54 Å². The van der Waals surface area contributed by atoms with Crippen LogP contribution in [0.3, 0.4) is 0 Å².